The highest BCUT2D eigenvalue weighted by molar-refractivity contribution is 8.13. The van der Waals surface area contributed by atoms with Crippen molar-refractivity contribution in [3.63, 3.8) is 0 Å². The number of hydrogen-bond donors (Lipinski definition) is 11. The SMILES string of the molecule is O=C(CCCO)SCCO.O=C(Cl)CCCO.OCCS.[2H]c1cn([C@@H]2O[C@H]3[C@@H](OP(=O)(O)OC3([2H])[2H])[C@@]2(C)O)c(=O)[nH]c1=O.[2H]c1cn([C@@H]2O[C@H]3[C@@H](OP(=O)(OCCSC(=O)CCCO)OC3([2H])[2H])[C@@]2(C)O)c(=O)[nH]c1=O. The van der Waals surface area contributed by atoms with Gasteiger partial charge in [0.1, 0.15) is 35.6 Å². The van der Waals surface area contributed by atoms with Gasteiger partial charge in [0, 0.05) is 80.8 Å². The van der Waals surface area contributed by atoms with E-state index in [1.165, 1.54) is 0 Å². The number of phosphoric ester groups is 2. The maximum absolute atomic E-state index is 13.0. The van der Waals surface area contributed by atoms with E-state index < -0.39 is 111 Å². The lowest BCUT2D eigenvalue weighted by atomic mass is 9.96. The van der Waals surface area contributed by atoms with Crippen molar-refractivity contribution in [2.24, 2.45) is 0 Å². The zero-order valence-corrected chi connectivity index (χ0v) is 43.3. The first-order valence-electron chi connectivity index (χ1n) is 24.1. The molecule has 0 amide bonds. The van der Waals surface area contributed by atoms with Crippen molar-refractivity contribution in [2.75, 3.05) is 70.0 Å². The molecule has 28 nitrogen and oxygen atoms in total. The predicted molar refractivity (Wildman–Crippen MR) is 260 cm³/mol. The molecule has 0 aliphatic carbocycles. The van der Waals surface area contributed by atoms with Crippen molar-refractivity contribution in [3.8, 4) is 0 Å². The molecular weight excluding hydrogens is 1090 g/mol. The third kappa shape index (κ3) is 21.3. The maximum atomic E-state index is 13.0. The normalized spacial score (nSPS) is 31.6. The van der Waals surface area contributed by atoms with Crippen LogP contribution in [0.3, 0.4) is 0 Å². The van der Waals surface area contributed by atoms with Gasteiger partial charge in [-0.2, -0.15) is 12.6 Å². The van der Waals surface area contributed by atoms with Crippen LogP contribution in [0.5, 0.6) is 0 Å². The van der Waals surface area contributed by atoms with Crippen molar-refractivity contribution in [1.82, 2.24) is 19.1 Å². The van der Waals surface area contributed by atoms with E-state index >= 15 is 0 Å². The first kappa shape index (κ1) is 55.8. The van der Waals surface area contributed by atoms with Crippen LogP contribution >= 0.6 is 63.4 Å². The van der Waals surface area contributed by atoms with Crippen molar-refractivity contribution in [2.45, 2.75) is 100 Å². The number of rotatable bonds is 18. The number of thiol groups is 1. The lowest BCUT2D eigenvalue weighted by molar-refractivity contribution is -0.112. The number of aliphatic hydroxyl groups is 7. The number of aliphatic hydroxyl groups excluding tert-OH is 5. The Bertz CT molecular complexity index is 2650. The number of aromatic nitrogens is 4. The predicted octanol–water partition coefficient (Wildman–Crippen LogP) is -1.10. The third-order valence-corrected chi connectivity index (χ3v) is 13.4. The summed E-state index contributed by atoms with van der Waals surface area (Å²) in [5, 5.41) is 62.4. The van der Waals surface area contributed by atoms with Crippen LogP contribution in [0.1, 0.15) is 73.1 Å². The molecule has 0 saturated carbocycles. The van der Waals surface area contributed by atoms with Gasteiger partial charge in [-0.15, -0.1) is 0 Å². The Balaban J connectivity index is 0.000000399. The van der Waals surface area contributed by atoms with Crippen LogP contribution in [-0.2, 0) is 55.6 Å². The number of carbonyl (C=O) groups excluding carboxylic acids is 3. The van der Waals surface area contributed by atoms with Crippen LogP contribution in [0.2, 0.25) is 0 Å². The van der Waals surface area contributed by atoms with Crippen LogP contribution in [0.15, 0.2) is 43.7 Å². The second-order valence-electron chi connectivity index (χ2n) is 14.8. The molecule has 4 saturated heterocycles. The van der Waals surface area contributed by atoms with Crippen molar-refractivity contribution in [3.05, 3.63) is 66.2 Å². The molecule has 4 aliphatic heterocycles. The standard InChI is InChI=1S/C16H23N2O10PS.C10H13N2O8P.C6H12O3S.C4H7ClO2.C2H6OS/c1-16(23)13-10(27-14(16)18-5-4-11(20)17-15(18)22)9-26-29(24,28-13)25-7-8-30-12(21)3-2-6-19;1-10(15)7-5(4-18-21(16,17)20-7)19-8(10)12-3-2-6(13)11-9(12)14;7-3-1-2-6(9)10-5-4-8;5-4(7)2-1-3-6;3-1-2-4/h4-5,10,13-14,19,23H,2-3,6-9H2,1H3,(H,17,20,22);2-3,5,7-8,15H,4H2,1H3,(H,16,17)(H,11,13,14);7-8H,1-5H2;6H,1-3H2;3-4H,1-2H2/t10-,13-,14-,16-,29?;5-,7-,8-,10-;;;/m11.../s1/i4D,9D2;2D,4D2;;;. The number of thioether (sulfide) groups is 2. The van der Waals surface area contributed by atoms with E-state index in [9.17, 15) is 57.8 Å². The molecular formula is C38H61ClN4O24P2S3. The minimum atomic E-state index is -4.80. The summed E-state index contributed by atoms with van der Waals surface area (Å²) in [7, 11) is -9.38. The number of phosphoric acid groups is 2. The number of halogens is 1. The first-order chi connectivity index (χ1) is 36.1. The van der Waals surface area contributed by atoms with Gasteiger partial charge >= 0.3 is 27.0 Å². The summed E-state index contributed by atoms with van der Waals surface area (Å²) < 4.78 is 108. The molecule has 4 fully saturated rings. The minimum absolute atomic E-state index is 0.0372. The number of aromatic amines is 2. The molecule has 412 valence electrons. The quantitative estimate of drug-likeness (QED) is 0.0365. The molecule has 2 aromatic heterocycles. The van der Waals surface area contributed by atoms with E-state index in [2.05, 4.69) is 17.2 Å². The van der Waals surface area contributed by atoms with E-state index in [0.717, 1.165) is 49.8 Å². The van der Waals surface area contributed by atoms with Crippen molar-refractivity contribution >= 4 is 78.9 Å². The Morgan fingerprint density at radius 3 is 1.62 bits per heavy atom. The number of nitrogens with zero attached hydrogens (tertiary/aromatic N) is 2. The Morgan fingerprint density at radius 2 is 1.21 bits per heavy atom. The minimum Gasteiger partial charge on any atom is -0.396 e. The Morgan fingerprint density at radius 1 is 0.778 bits per heavy atom. The number of ether oxygens (including phenoxy) is 2. The summed E-state index contributed by atoms with van der Waals surface area (Å²) in [6.45, 7) is -3.44. The van der Waals surface area contributed by atoms with Gasteiger partial charge in [0.05, 0.1) is 41.2 Å². The third-order valence-electron chi connectivity index (χ3n) is 9.05. The van der Waals surface area contributed by atoms with E-state index in [0.29, 0.717) is 46.3 Å². The zero-order valence-electron chi connectivity index (χ0n) is 44.3. The van der Waals surface area contributed by atoms with Gasteiger partial charge in [-0.25, -0.2) is 18.7 Å². The van der Waals surface area contributed by atoms with E-state index in [4.69, 9.17) is 72.9 Å². The average molecular weight is 1160 g/mol. The molecule has 4 aliphatic rings. The molecule has 2 aromatic rings. The molecule has 2 unspecified atom stereocenters. The van der Waals surface area contributed by atoms with Gasteiger partial charge in [-0.3, -0.25) is 65.7 Å². The zero-order chi connectivity index (χ0) is 59.6. The lowest BCUT2D eigenvalue weighted by Gasteiger charge is -2.34. The summed E-state index contributed by atoms with van der Waals surface area (Å²) in [6, 6.07) is -1.21. The second kappa shape index (κ2) is 32.2. The molecule has 72 heavy (non-hydrogen) atoms. The van der Waals surface area contributed by atoms with E-state index in [1.54, 1.807) is 0 Å². The molecule has 6 heterocycles. The van der Waals surface area contributed by atoms with Crippen molar-refractivity contribution < 1.29 is 104 Å². The summed E-state index contributed by atoms with van der Waals surface area (Å²) in [4.78, 5) is 92.2. The maximum Gasteiger partial charge on any atom is 0.475 e. The fraction of sp³-hybridized carbons (Fsp3) is 0.711. The number of nitrogens with one attached hydrogen (secondary N) is 2. The number of H-pyrrole nitrogens is 2. The molecule has 10 N–H and O–H groups in total. The van der Waals surface area contributed by atoms with Gasteiger partial charge < -0.3 is 50.1 Å². The first-order valence-corrected chi connectivity index (χ1v) is 27.0. The average Bonchev–Trinajstić information content (AvgIpc) is 3.77. The van der Waals surface area contributed by atoms with Crippen LogP contribution in [-0.4, -0.2) is 181 Å². The molecule has 0 bridgehead atoms. The largest absolute Gasteiger partial charge is 0.475 e. The number of carbonyl (C=O) groups is 3. The number of fused-ring (bicyclic) bond motifs is 2. The summed E-state index contributed by atoms with van der Waals surface area (Å²) in [5.74, 6) is 1.08. The topological polar surface area (TPSA) is 422 Å². The van der Waals surface area contributed by atoms with Crippen LogP contribution in [0.4, 0.5) is 0 Å². The molecule has 0 radical (unpaired) electrons. The fourth-order valence-electron chi connectivity index (χ4n) is 5.80. The molecule has 6 rings (SSSR count). The summed E-state index contributed by atoms with van der Waals surface area (Å²) >= 11 is 10.6. The fourth-order valence-corrected chi connectivity index (χ4v) is 9.54. The van der Waals surface area contributed by atoms with E-state index in [-0.39, 0.29) is 73.7 Å². The highest BCUT2D eigenvalue weighted by atomic mass is 35.5. The van der Waals surface area contributed by atoms with Gasteiger partial charge in [0.25, 0.3) is 11.1 Å². The van der Waals surface area contributed by atoms with Crippen LogP contribution in [0, 0.1) is 0 Å². The Labute approximate surface area is 437 Å². The smallest absolute Gasteiger partial charge is 0.396 e. The second-order valence-corrected chi connectivity index (χ2v) is 20.9. The Kier molecular flexibility index (Phi) is 25.0. The van der Waals surface area contributed by atoms with Gasteiger partial charge in [0.2, 0.25) is 5.24 Å². The monoisotopic (exact) mass is 1160 g/mol. The van der Waals surface area contributed by atoms with Gasteiger partial charge in [-0.05, 0) is 44.7 Å². The van der Waals surface area contributed by atoms with Gasteiger partial charge in [-0.1, -0.05) is 23.5 Å². The van der Waals surface area contributed by atoms with Gasteiger partial charge in [0.15, 0.2) is 22.7 Å². The van der Waals surface area contributed by atoms with Crippen LogP contribution in [0.25, 0.3) is 0 Å². The van der Waals surface area contributed by atoms with Crippen LogP contribution < -0.4 is 22.5 Å². The van der Waals surface area contributed by atoms with E-state index in [1.807, 2.05) is 9.97 Å². The molecule has 34 heteroatoms. The highest BCUT2D eigenvalue weighted by Gasteiger charge is 2.61. The Hall–Kier alpha value is -2.43. The summed E-state index contributed by atoms with van der Waals surface area (Å²) in [6.07, 6.45) is -6.03. The highest BCUT2D eigenvalue weighted by Crippen LogP contribution is 2.59. The molecule has 10 atom stereocenters. The molecule has 0 spiro atoms. The molecule has 0 aromatic carbocycles. The lowest BCUT2D eigenvalue weighted by Crippen LogP contribution is -2.49. The van der Waals surface area contributed by atoms with Crippen molar-refractivity contribution in [1.29, 1.82) is 0 Å². The number of hydrogen-bond acceptors (Lipinski definition) is 26. The summed E-state index contributed by atoms with van der Waals surface area (Å²) in [5.41, 5.74) is -8.27.